The number of anilines is 3. The molecule has 6 nitrogen and oxygen atoms in total. The van der Waals surface area contributed by atoms with E-state index in [9.17, 15) is 4.79 Å². The molecule has 0 atom stereocenters. The molecule has 0 unspecified atom stereocenters. The van der Waals surface area contributed by atoms with Gasteiger partial charge in [0.1, 0.15) is 11.4 Å². The van der Waals surface area contributed by atoms with Crippen molar-refractivity contribution in [2.45, 2.75) is 20.0 Å². The number of hydrogen-bond donors (Lipinski definition) is 3. The summed E-state index contributed by atoms with van der Waals surface area (Å²) < 4.78 is 5.56. The number of ether oxygens (including phenoxy) is 1. The number of nitrogen functional groups attached to an aromatic ring is 1. The highest BCUT2D eigenvalue weighted by atomic mass is 16.5. The molecule has 110 valence electrons. The summed E-state index contributed by atoms with van der Waals surface area (Å²) in [6.45, 7) is 3.93. The number of rotatable bonds is 5. The summed E-state index contributed by atoms with van der Waals surface area (Å²) in [6, 6.07) is 10.5. The van der Waals surface area contributed by atoms with Crippen molar-refractivity contribution in [3.8, 4) is 5.75 Å². The zero-order chi connectivity index (χ0) is 15.4. The van der Waals surface area contributed by atoms with Crippen molar-refractivity contribution in [3.05, 3.63) is 42.1 Å². The Kier molecular flexibility index (Phi) is 4.27. The Morgan fingerprint density at radius 1 is 1.19 bits per heavy atom. The van der Waals surface area contributed by atoms with E-state index >= 15 is 0 Å². The number of pyridine rings is 1. The molecule has 6 heteroatoms. The van der Waals surface area contributed by atoms with Gasteiger partial charge in [0, 0.05) is 5.69 Å². The lowest BCUT2D eigenvalue weighted by Crippen LogP contribution is -2.14. The van der Waals surface area contributed by atoms with E-state index in [1.807, 2.05) is 38.1 Å². The molecule has 0 saturated carbocycles. The number of hydrogen-bond acceptors (Lipinski definition) is 5. The highest BCUT2D eigenvalue weighted by molar-refractivity contribution is 5.92. The van der Waals surface area contributed by atoms with Crippen LogP contribution in [-0.4, -0.2) is 17.0 Å². The third kappa shape index (κ3) is 3.85. The molecule has 2 aromatic rings. The van der Waals surface area contributed by atoms with Crippen LogP contribution in [0.3, 0.4) is 0 Å². The molecule has 0 radical (unpaired) electrons. The summed E-state index contributed by atoms with van der Waals surface area (Å²) in [6.07, 6.45) is 0.119. The van der Waals surface area contributed by atoms with Gasteiger partial charge in [-0.3, -0.25) is 4.79 Å². The standard InChI is InChI=1S/C15H18N4O2/c1-9(2)21-11-5-3-10(4-6-11)18-15-12(16)7-8-13(19-15)14(17)20/h3-9H,16H2,1-2H3,(H2,17,20)(H,18,19). The molecule has 0 saturated heterocycles. The Labute approximate surface area is 123 Å². The number of nitrogens with two attached hydrogens (primary N) is 2. The molecule has 0 aliphatic heterocycles. The number of primary amides is 1. The van der Waals surface area contributed by atoms with Crippen LogP contribution in [0.1, 0.15) is 24.3 Å². The molecule has 0 aliphatic carbocycles. The lowest BCUT2D eigenvalue weighted by molar-refractivity contribution is 0.0995. The Morgan fingerprint density at radius 2 is 1.86 bits per heavy atom. The molecule has 5 N–H and O–H groups in total. The largest absolute Gasteiger partial charge is 0.491 e. The molecule has 21 heavy (non-hydrogen) atoms. The fourth-order valence-corrected chi connectivity index (χ4v) is 1.73. The molecule has 1 heterocycles. The second-order valence-corrected chi connectivity index (χ2v) is 4.81. The van der Waals surface area contributed by atoms with Gasteiger partial charge in [-0.1, -0.05) is 0 Å². The maximum atomic E-state index is 11.1. The number of aromatic nitrogens is 1. The number of nitrogens with one attached hydrogen (secondary N) is 1. The van der Waals surface area contributed by atoms with E-state index in [1.165, 1.54) is 6.07 Å². The smallest absolute Gasteiger partial charge is 0.267 e. The Bertz CT molecular complexity index is 639. The highest BCUT2D eigenvalue weighted by Crippen LogP contribution is 2.23. The average molecular weight is 286 g/mol. The minimum Gasteiger partial charge on any atom is -0.491 e. The van der Waals surface area contributed by atoms with Gasteiger partial charge in [0.2, 0.25) is 0 Å². The first-order chi connectivity index (χ1) is 9.95. The van der Waals surface area contributed by atoms with E-state index in [-0.39, 0.29) is 11.8 Å². The molecule has 0 fully saturated rings. The lowest BCUT2D eigenvalue weighted by atomic mass is 10.2. The molecular weight excluding hydrogens is 268 g/mol. The molecule has 0 spiro atoms. The topological polar surface area (TPSA) is 103 Å². The van der Waals surface area contributed by atoms with E-state index in [2.05, 4.69) is 10.3 Å². The van der Waals surface area contributed by atoms with E-state index in [4.69, 9.17) is 16.2 Å². The van der Waals surface area contributed by atoms with E-state index in [0.29, 0.717) is 11.5 Å². The second kappa shape index (κ2) is 6.13. The van der Waals surface area contributed by atoms with E-state index < -0.39 is 5.91 Å². The Hall–Kier alpha value is -2.76. The van der Waals surface area contributed by atoms with Gasteiger partial charge in [-0.25, -0.2) is 4.98 Å². The number of amides is 1. The van der Waals surface area contributed by atoms with Crippen molar-refractivity contribution in [2.24, 2.45) is 5.73 Å². The third-order valence-electron chi connectivity index (χ3n) is 2.67. The van der Waals surface area contributed by atoms with Crippen molar-refractivity contribution in [1.82, 2.24) is 4.98 Å². The zero-order valence-corrected chi connectivity index (χ0v) is 12.0. The van der Waals surface area contributed by atoms with Crippen molar-refractivity contribution in [2.75, 3.05) is 11.1 Å². The van der Waals surface area contributed by atoms with Gasteiger partial charge < -0.3 is 21.5 Å². The zero-order valence-electron chi connectivity index (χ0n) is 12.0. The van der Waals surface area contributed by atoms with Gasteiger partial charge in [-0.05, 0) is 50.2 Å². The lowest BCUT2D eigenvalue weighted by Gasteiger charge is -2.12. The molecule has 0 bridgehead atoms. The van der Waals surface area contributed by atoms with Crippen LogP contribution >= 0.6 is 0 Å². The van der Waals surface area contributed by atoms with Crippen molar-refractivity contribution >= 4 is 23.1 Å². The summed E-state index contributed by atoms with van der Waals surface area (Å²) >= 11 is 0. The van der Waals surface area contributed by atoms with Crippen molar-refractivity contribution in [3.63, 3.8) is 0 Å². The number of benzene rings is 1. The van der Waals surface area contributed by atoms with E-state index in [1.54, 1.807) is 6.07 Å². The minimum absolute atomic E-state index is 0.119. The molecule has 0 aliphatic rings. The molecule has 1 amide bonds. The molecule has 1 aromatic carbocycles. The van der Waals surface area contributed by atoms with Crippen LogP contribution < -0.4 is 21.5 Å². The maximum absolute atomic E-state index is 11.1. The van der Waals surface area contributed by atoms with Crippen LogP contribution in [0, 0.1) is 0 Å². The predicted molar refractivity (Wildman–Crippen MR) is 82.7 cm³/mol. The third-order valence-corrected chi connectivity index (χ3v) is 2.67. The Morgan fingerprint density at radius 3 is 2.43 bits per heavy atom. The molecular formula is C15H18N4O2. The van der Waals surface area contributed by atoms with Crippen LogP contribution in [0.2, 0.25) is 0 Å². The number of nitrogens with zero attached hydrogens (tertiary/aromatic N) is 1. The van der Waals surface area contributed by atoms with Crippen molar-refractivity contribution in [1.29, 1.82) is 0 Å². The van der Waals surface area contributed by atoms with Gasteiger partial charge in [0.05, 0.1) is 11.8 Å². The fourth-order valence-electron chi connectivity index (χ4n) is 1.73. The summed E-state index contributed by atoms with van der Waals surface area (Å²) in [7, 11) is 0. The summed E-state index contributed by atoms with van der Waals surface area (Å²) in [5, 5.41) is 3.05. The highest BCUT2D eigenvalue weighted by Gasteiger charge is 2.07. The number of carbonyl (C=O) groups is 1. The normalized spacial score (nSPS) is 10.4. The average Bonchev–Trinajstić information content (AvgIpc) is 2.42. The van der Waals surface area contributed by atoms with Crippen LogP contribution in [-0.2, 0) is 0 Å². The van der Waals surface area contributed by atoms with Crippen LogP contribution in [0.5, 0.6) is 5.75 Å². The van der Waals surface area contributed by atoms with Crippen LogP contribution in [0.25, 0.3) is 0 Å². The van der Waals surface area contributed by atoms with Gasteiger partial charge >= 0.3 is 0 Å². The van der Waals surface area contributed by atoms with Crippen LogP contribution in [0.15, 0.2) is 36.4 Å². The first-order valence-corrected chi connectivity index (χ1v) is 6.56. The fraction of sp³-hybridized carbons (Fsp3) is 0.200. The first kappa shape index (κ1) is 14.6. The molecule has 2 rings (SSSR count). The second-order valence-electron chi connectivity index (χ2n) is 4.81. The minimum atomic E-state index is -0.598. The van der Waals surface area contributed by atoms with Gasteiger partial charge in [-0.15, -0.1) is 0 Å². The van der Waals surface area contributed by atoms with Gasteiger partial charge in [0.15, 0.2) is 5.82 Å². The maximum Gasteiger partial charge on any atom is 0.267 e. The van der Waals surface area contributed by atoms with Crippen LogP contribution in [0.4, 0.5) is 17.2 Å². The summed E-state index contributed by atoms with van der Waals surface area (Å²) in [5.41, 5.74) is 12.4. The monoisotopic (exact) mass is 286 g/mol. The van der Waals surface area contributed by atoms with E-state index in [0.717, 1.165) is 11.4 Å². The number of carbonyl (C=O) groups excluding carboxylic acids is 1. The quantitative estimate of drug-likeness (QED) is 0.782. The van der Waals surface area contributed by atoms with Gasteiger partial charge in [-0.2, -0.15) is 0 Å². The molecule has 1 aromatic heterocycles. The summed E-state index contributed by atoms with van der Waals surface area (Å²) in [4.78, 5) is 15.2. The van der Waals surface area contributed by atoms with Gasteiger partial charge in [0.25, 0.3) is 5.91 Å². The Balaban J connectivity index is 2.18. The predicted octanol–water partition coefficient (Wildman–Crippen LogP) is 2.29. The van der Waals surface area contributed by atoms with Crippen molar-refractivity contribution < 1.29 is 9.53 Å². The first-order valence-electron chi connectivity index (χ1n) is 6.56. The SMILES string of the molecule is CC(C)Oc1ccc(Nc2nc(C(N)=O)ccc2N)cc1. The summed E-state index contributed by atoms with van der Waals surface area (Å²) in [5.74, 6) is 0.574.